The molecule has 0 bridgehead atoms. The zero-order valence-corrected chi connectivity index (χ0v) is 12.1. The molecule has 2 aromatic rings. The maximum atomic E-state index is 5.26. The summed E-state index contributed by atoms with van der Waals surface area (Å²) in [6.45, 7) is 6.07. The monoisotopic (exact) mass is 279 g/mol. The third-order valence-corrected chi connectivity index (χ3v) is 5.07. The Labute approximate surface area is 116 Å². The number of hydrogen-bond acceptors (Lipinski definition) is 4. The van der Waals surface area contributed by atoms with Crippen LogP contribution in [-0.2, 0) is 11.3 Å². The highest BCUT2D eigenvalue weighted by Crippen LogP contribution is 2.29. The lowest BCUT2D eigenvalue weighted by Crippen LogP contribution is -2.47. The highest BCUT2D eigenvalue weighted by Gasteiger charge is 2.32. The molecule has 0 atom stereocenters. The number of ether oxygens (including phenoxy) is 1. The molecule has 2 nitrogen and oxygen atoms in total. The molecule has 0 aliphatic carbocycles. The van der Waals surface area contributed by atoms with Crippen LogP contribution < -0.4 is 5.32 Å². The predicted molar refractivity (Wildman–Crippen MR) is 78.3 cm³/mol. The van der Waals surface area contributed by atoms with Crippen molar-refractivity contribution in [3.05, 3.63) is 33.8 Å². The molecule has 2 aromatic heterocycles. The Balaban J connectivity index is 1.54. The van der Waals surface area contributed by atoms with Crippen LogP contribution in [0.5, 0.6) is 0 Å². The van der Waals surface area contributed by atoms with E-state index in [1.54, 1.807) is 11.3 Å². The van der Waals surface area contributed by atoms with Crippen LogP contribution in [0.3, 0.4) is 0 Å². The van der Waals surface area contributed by atoms with Crippen molar-refractivity contribution in [2.45, 2.75) is 13.5 Å². The topological polar surface area (TPSA) is 21.3 Å². The van der Waals surface area contributed by atoms with Gasteiger partial charge in [-0.25, -0.2) is 0 Å². The van der Waals surface area contributed by atoms with Gasteiger partial charge in [0, 0.05) is 33.8 Å². The van der Waals surface area contributed by atoms with E-state index in [2.05, 4.69) is 41.2 Å². The summed E-state index contributed by atoms with van der Waals surface area (Å²) in [6, 6.07) is 6.58. The minimum absolute atomic E-state index is 0.355. The molecule has 0 spiro atoms. The zero-order valence-electron chi connectivity index (χ0n) is 10.4. The summed E-state index contributed by atoms with van der Waals surface area (Å²) >= 11 is 3.64. The number of rotatable bonds is 5. The lowest BCUT2D eigenvalue weighted by atomic mass is 9.89. The maximum absolute atomic E-state index is 5.26. The van der Waals surface area contributed by atoms with Gasteiger partial charge in [0.25, 0.3) is 0 Å². The van der Waals surface area contributed by atoms with Gasteiger partial charge in [0.1, 0.15) is 0 Å². The molecule has 3 rings (SSSR count). The Morgan fingerprint density at radius 2 is 2.28 bits per heavy atom. The van der Waals surface area contributed by atoms with E-state index in [4.69, 9.17) is 4.74 Å². The van der Waals surface area contributed by atoms with Crippen LogP contribution in [-0.4, -0.2) is 19.8 Å². The molecule has 18 heavy (non-hydrogen) atoms. The van der Waals surface area contributed by atoms with Crippen molar-refractivity contribution in [3.8, 4) is 10.4 Å². The number of nitrogens with one attached hydrogen (secondary N) is 1. The zero-order chi connectivity index (χ0) is 12.4. The van der Waals surface area contributed by atoms with E-state index in [9.17, 15) is 0 Å². The van der Waals surface area contributed by atoms with Crippen molar-refractivity contribution in [3.63, 3.8) is 0 Å². The Bertz CT molecular complexity index is 500. The quantitative estimate of drug-likeness (QED) is 0.903. The van der Waals surface area contributed by atoms with Crippen LogP contribution in [0, 0.1) is 5.41 Å². The SMILES string of the molecule is CC1(CNCc2cc(-c3cccs3)cs2)COC1. The minimum Gasteiger partial charge on any atom is -0.380 e. The van der Waals surface area contributed by atoms with Crippen molar-refractivity contribution < 1.29 is 4.74 Å². The first kappa shape index (κ1) is 12.4. The minimum atomic E-state index is 0.355. The van der Waals surface area contributed by atoms with Crippen molar-refractivity contribution in [2.75, 3.05) is 19.8 Å². The Hall–Kier alpha value is -0.680. The molecule has 0 saturated carbocycles. The fourth-order valence-electron chi connectivity index (χ4n) is 2.09. The van der Waals surface area contributed by atoms with Crippen LogP contribution in [0.2, 0.25) is 0 Å². The first-order valence-electron chi connectivity index (χ1n) is 6.15. The molecule has 1 aliphatic heterocycles. The van der Waals surface area contributed by atoms with E-state index in [1.807, 2.05) is 11.3 Å². The van der Waals surface area contributed by atoms with Gasteiger partial charge in [0.05, 0.1) is 13.2 Å². The lowest BCUT2D eigenvalue weighted by Gasteiger charge is -2.38. The second kappa shape index (κ2) is 5.13. The number of thiophene rings is 2. The molecule has 0 amide bonds. The van der Waals surface area contributed by atoms with Gasteiger partial charge in [-0.3, -0.25) is 0 Å². The summed E-state index contributed by atoms with van der Waals surface area (Å²) in [4.78, 5) is 2.76. The van der Waals surface area contributed by atoms with Gasteiger partial charge in [-0.2, -0.15) is 0 Å². The van der Waals surface area contributed by atoms with Crippen LogP contribution in [0.4, 0.5) is 0 Å². The normalized spacial score (nSPS) is 17.6. The molecule has 4 heteroatoms. The van der Waals surface area contributed by atoms with E-state index >= 15 is 0 Å². The first-order valence-corrected chi connectivity index (χ1v) is 7.91. The van der Waals surface area contributed by atoms with E-state index in [0.29, 0.717) is 5.41 Å². The van der Waals surface area contributed by atoms with Gasteiger partial charge in [0.15, 0.2) is 0 Å². The Kier molecular flexibility index (Phi) is 3.52. The third-order valence-electron chi connectivity index (χ3n) is 3.21. The van der Waals surface area contributed by atoms with Crippen molar-refractivity contribution >= 4 is 22.7 Å². The molecule has 3 heterocycles. The second-order valence-electron chi connectivity index (χ2n) is 5.19. The molecule has 0 aromatic carbocycles. The van der Waals surface area contributed by atoms with Crippen molar-refractivity contribution in [2.24, 2.45) is 5.41 Å². The molecule has 1 saturated heterocycles. The molecule has 96 valence electrons. The average Bonchev–Trinajstić information content (AvgIpc) is 2.96. The van der Waals surface area contributed by atoms with Gasteiger partial charge < -0.3 is 10.1 Å². The smallest absolute Gasteiger partial charge is 0.0554 e. The van der Waals surface area contributed by atoms with E-state index < -0.39 is 0 Å². The van der Waals surface area contributed by atoms with Crippen LogP contribution in [0.25, 0.3) is 10.4 Å². The van der Waals surface area contributed by atoms with E-state index in [0.717, 1.165) is 26.3 Å². The second-order valence-corrected chi connectivity index (χ2v) is 7.13. The van der Waals surface area contributed by atoms with Gasteiger partial charge >= 0.3 is 0 Å². The highest BCUT2D eigenvalue weighted by atomic mass is 32.1. The Morgan fingerprint density at radius 1 is 1.39 bits per heavy atom. The molecule has 1 aliphatic rings. The van der Waals surface area contributed by atoms with Gasteiger partial charge in [-0.15, -0.1) is 22.7 Å². The highest BCUT2D eigenvalue weighted by molar-refractivity contribution is 7.14. The maximum Gasteiger partial charge on any atom is 0.0554 e. The van der Waals surface area contributed by atoms with E-state index in [-0.39, 0.29) is 0 Å². The largest absolute Gasteiger partial charge is 0.380 e. The fourth-order valence-corrected chi connectivity index (χ4v) is 3.73. The van der Waals surface area contributed by atoms with Crippen LogP contribution in [0.1, 0.15) is 11.8 Å². The summed E-state index contributed by atoms with van der Waals surface area (Å²) in [5, 5.41) is 7.91. The number of hydrogen-bond donors (Lipinski definition) is 1. The molecular weight excluding hydrogens is 262 g/mol. The Morgan fingerprint density at radius 3 is 2.94 bits per heavy atom. The van der Waals surface area contributed by atoms with Crippen LogP contribution >= 0.6 is 22.7 Å². The molecular formula is C14H17NOS2. The molecule has 1 N–H and O–H groups in total. The summed E-state index contributed by atoms with van der Waals surface area (Å²) in [5.41, 5.74) is 1.71. The van der Waals surface area contributed by atoms with Crippen molar-refractivity contribution in [1.29, 1.82) is 0 Å². The average molecular weight is 279 g/mol. The molecule has 1 fully saturated rings. The lowest BCUT2D eigenvalue weighted by molar-refractivity contribution is -0.0991. The summed E-state index contributed by atoms with van der Waals surface area (Å²) in [5.74, 6) is 0. The van der Waals surface area contributed by atoms with Crippen molar-refractivity contribution in [1.82, 2.24) is 5.32 Å². The molecule has 0 radical (unpaired) electrons. The van der Waals surface area contributed by atoms with Gasteiger partial charge in [0.2, 0.25) is 0 Å². The third kappa shape index (κ3) is 2.67. The fraction of sp³-hybridized carbons (Fsp3) is 0.429. The first-order chi connectivity index (χ1) is 8.75. The summed E-state index contributed by atoms with van der Waals surface area (Å²) < 4.78 is 5.26. The summed E-state index contributed by atoms with van der Waals surface area (Å²) in [7, 11) is 0. The van der Waals surface area contributed by atoms with Gasteiger partial charge in [-0.1, -0.05) is 13.0 Å². The molecule has 0 unspecified atom stereocenters. The van der Waals surface area contributed by atoms with Crippen LogP contribution in [0.15, 0.2) is 29.0 Å². The van der Waals surface area contributed by atoms with Gasteiger partial charge in [-0.05, 0) is 22.9 Å². The predicted octanol–water partition coefficient (Wildman–Crippen LogP) is 3.60. The summed E-state index contributed by atoms with van der Waals surface area (Å²) in [6.07, 6.45) is 0. The standard InChI is InChI=1S/C14H17NOS2/c1-14(9-16-10-14)8-15-6-12-5-11(7-18-12)13-3-2-4-17-13/h2-5,7,15H,6,8-10H2,1H3. The van der Waals surface area contributed by atoms with E-state index in [1.165, 1.54) is 15.3 Å².